The van der Waals surface area contributed by atoms with Crippen LogP contribution in [0.2, 0.25) is 0 Å². The first-order valence-electron chi connectivity index (χ1n) is 8.46. The van der Waals surface area contributed by atoms with Gasteiger partial charge in [0.25, 0.3) is 0 Å². The summed E-state index contributed by atoms with van der Waals surface area (Å²) in [5.41, 5.74) is 8.73. The molecule has 3 rings (SSSR count). The lowest BCUT2D eigenvalue weighted by atomic mass is 10.0. The molecule has 1 aliphatic rings. The molecule has 0 spiro atoms. The van der Waals surface area contributed by atoms with Crippen molar-refractivity contribution >= 4 is 11.4 Å². The van der Waals surface area contributed by atoms with Gasteiger partial charge in [-0.05, 0) is 57.0 Å². The third-order valence-electron chi connectivity index (χ3n) is 4.11. The number of nitrogens with zero attached hydrogens (tertiary/aromatic N) is 1. The fraction of sp³-hybridized carbons (Fsp3) is 0.400. The molecule has 0 atom stereocenters. The summed E-state index contributed by atoms with van der Waals surface area (Å²) in [6.07, 6.45) is 0.952. The van der Waals surface area contributed by atoms with E-state index in [1.54, 1.807) is 0 Å². The Morgan fingerprint density at radius 2 is 2.04 bits per heavy atom. The van der Waals surface area contributed by atoms with Crippen LogP contribution in [-0.4, -0.2) is 25.3 Å². The first-order valence-corrected chi connectivity index (χ1v) is 8.46. The number of fused-ring (bicyclic) bond motifs is 1. The Bertz CT molecular complexity index is 713. The summed E-state index contributed by atoms with van der Waals surface area (Å²) in [5, 5.41) is 0. The van der Waals surface area contributed by atoms with Crippen LogP contribution < -0.4 is 20.1 Å². The molecule has 1 aliphatic heterocycles. The number of anilines is 2. The number of nitrogens with two attached hydrogens (primary N) is 1. The van der Waals surface area contributed by atoms with Crippen LogP contribution in [-0.2, 0) is 0 Å². The number of benzene rings is 2. The number of rotatable bonds is 5. The number of aryl methyl sites for hydroxylation is 1. The lowest BCUT2D eigenvalue weighted by Gasteiger charge is -2.41. The molecule has 0 amide bonds. The van der Waals surface area contributed by atoms with Gasteiger partial charge in [-0.3, -0.25) is 0 Å². The molecule has 0 unspecified atom stereocenters. The molecule has 4 nitrogen and oxygen atoms in total. The molecule has 0 bridgehead atoms. The summed E-state index contributed by atoms with van der Waals surface area (Å²) >= 11 is 0. The first kappa shape index (κ1) is 16.5. The lowest BCUT2D eigenvalue weighted by Crippen LogP contribution is -2.47. The summed E-state index contributed by atoms with van der Waals surface area (Å²) in [4.78, 5) is 2.36. The van der Waals surface area contributed by atoms with Crippen LogP contribution in [0.15, 0.2) is 42.5 Å². The average Bonchev–Trinajstić information content (AvgIpc) is 2.50. The third kappa shape index (κ3) is 3.94. The maximum Gasteiger partial charge on any atom is 0.145 e. The van der Waals surface area contributed by atoms with Crippen LogP contribution in [0.3, 0.4) is 0 Å². The number of ether oxygens (including phenoxy) is 2. The van der Waals surface area contributed by atoms with Gasteiger partial charge in [0.15, 0.2) is 0 Å². The van der Waals surface area contributed by atoms with Gasteiger partial charge in [0, 0.05) is 18.3 Å². The minimum absolute atomic E-state index is 0.224. The summed E-state index contributed by atoms with van der Waals surface area (Å²) < 4.78 is 11.9. The Kier molecular flexibility index (Phi) is 4.56. The van der Waals surface area contributed by atoms with Crippen LogP contribution in [0.5, 0.6) is 11.5 Å². The van der Waals surface area contributed by atoms with Crippen molar-refractivity contribution in [3.8, 4) is 11.5 Å². The maximum absolute atomic E-state index is 6.07. The minimum Gasteiger partial charge on any atom is -0.494 e. The molecule has 2 aromatic carbocycles. The second-order valence-corrected chi connectivity index (χ2v) is 7.03. The minimum atomic E-state index is -0.224. The second-order valence-electron chi connectivity index (χ2n) is 7.03. The molecule has 2 aromatic rings. The van der Waals surface area contributed by atoms with Crippen LogP contribution in [0.4, 0.5) is 11.4 Å². The van der Waals surface area contributed by atoms with Gasteiger partial charge in [0.1, 0.15) is 17.1 Å². The predicted molar refractivity (Wildman–Crippen MR) is 99.1 cm³/mol. The molecule has 2 N–H and O–H groups in total. The van der Waals surface area contributed by atoms with Crippen molar-refractivity contribution in [3.05, 3.63) is 48.0 Å². The Balaban J connectivity index is 1.61. The van der Waals surface area contributed by atoms with E-state index in [0.29, 0.717) is 6.61 Å². The Morgan fingerprint density at radius 3 is 2.83 bits per heavy atom. The van der Waals surface area contributed by atoms with Crippen molar-refractivity contribution in [2.24, 2.45) is 0 Å². The zero-order chi connectivity index (χ0) is 17.2. The highest BCUT2D eigenvalue weighted by Gasteiger charge is 2.31. The van der Waals surface area contributed by atoms with Crippen LogP contribution in [0.25, 0.3) is 0 Å². The van der Waals surface area contributed by atoms with Gasteiger partial charge in [-0.1, -0.05) is 12.1 Å². The van der Waals surface area contributed by atoms with Crippen molar-refractivity contribution in [3.63, 3.8) is 0 Å². The van der Waals surface area contributed by atoms with E-state index in [1.165, 1.54) is 5.56 Å². The van der Waals surface area contributed by atoms with E-state index in [2.05, 4.69) is 37.8 Å². The monoisotopic (exact) mass is 326 g/mol. The molecule has 0 aromatic heterocycles. The van der Waals surface area contributed by atoms with Crippen molar-refractivity contribution in [2.45, 2.75) is 32.8 Å². The second kappa shape index (κ2) is 6.63. The largest absolute Gasteiger partial charge is 0.494 e. The van der Waals surface area contributed by atoms with Crippen LogP contribution in [0, 0.1) is 6.92 Å². The summed E-state index contributed by atoms with van der Waals surface area (Å²) in [6, 6.07) is 14.0. The standard InChI is InChI=1S/C20H26N2O2/c1-15-6-4-7-17(12-15)23-11-5-10-22-14-20(2,3)24-19-13-16(21)8-9-18(19)22/h4,6-9,12-13H,5,10-11,14,21H2,1-3H3. The number of hydrogen-bond donors (Lipinski definition) is 1. The first-order chi connectivity index (χ1) is 11.4. The van der Waals surface area contributed by atoms with E-state index in [9.17, 15) is 0 Å². The van der Waals surface area contributed by atoms with E-state index in [1.807, 2.05) is 30.3 Å². The molecular weight excluding hydrogens is 300 g/mol. The quantitative estimate of drug-likeness (QED) is 0.666. The normalized spacial score (nSPS) is 15.5. The van der Waals surface area contributed by atoms with Crippen molar-refractivity contribution in [2.75, 3.05) is 30.3 Å². The highest BCUT2D eigenvalue weighted by molar-refractivity contribution is 5.65. The Morgan fingerprint density at radius 1 is 1.21 bits per heavy atom. The molecule has 0 aliphatic carbocycles. The number of nitrogen functional groups attached to an aromatic ring is 1. The van der Waals surface area contributed by atoms with E-state index in [-0.39, 0.29) is 5.60 Å². The topological polar surface area (TPSA) is 47.7 Å². The van der Waals surface area contributed by atoms with Gasteiger partial charge in [0.2, 0.25) is 0 Å². The zero-order valence-corrected chi connectivity index (χ0v) is 14.7. The van der Waals surface area contributed by atoms with Gasteiger partial charge < -0.3 is 20.1 Å². The fourth-order valence-electron chi connectivity index (χ4n) is 3.10. The highest BCUT2D eigenvalue weighted by Crippen LogP contribution is 2.38. The summed E-state index contributed by atoms with van der Waals surface area (Å²) in [5.74, 6) is 1.80. The predicted octanol–water partition coefficient (Wildman–Crippen LogP) is 4.02. The zero-order valence-electron chi connectivity index (χ0n) is 14.7. The molecule has 0 saturated carbocycles. The number of hydrogen-bond acceptors (Lipinski definition) is 4. The molecule has 128 valence electrons. The lowest BCUT2D eigenvalue weighted by molar-refractivity contribution is 0.104. The van der Waals surface area contributed by atoms with Gasteiger partial charge >= 0.3 is 0 Å². The SMILES string of the molecule is Cc1cccc(OCCCN2CC(C)(C)Oc3cc(N)ccc32)c1. The van der Waals surface area contributed by atoms with Gasteiger partial charge in [-0.15, -0.1) is 0 Å². The molecule has 0 saturated heterocycles. The highest BCUT2D eigenvalue weighted by atomic mass is 16.5. The molecular formula is C20H26N2O2. The third-order valence-corrected chi connectivity index (χ3v) is 4.11. The summed E-state index contributed by atoms with van der Waals surface area (Å²) in [7, 11) is 0. The van der Waals surface area contributed by atoms with Gasteiger partial charge in [-0.25, -0.2) is 0 Å². The van der Waals surface area contributed by atoms with Crippen molar-refractivity contribution in [1.82, 2.24) is 0 Å². The molecule has 4 heteroatoms. The Labute approximate surface area is 144 Å². The molecule has 1 heterocycles. The van der Waals surface area contributed by atoms with Crippen molar-refractivity contribution < 1.29 is 9.47 Å². The van der Waals surface area contributed by atoms with E-state index in [0.717, 1.165) is 42.4 Å². The van der Waals surface area contributed by atoms with Crippen LogP contribution >= 0.6 is 0 Å². The molecule has 24 heavy (non-hydrogen) atoms. The molecule has 0 radical (unpaired) electrons. The van der Waals surface area contributed by atoms with Gasteiger partial charge in [0.05, 0.1) is 18.8 Å². The van der Waals surface area contributed by atoms with Gasteiger partial charge in [-0.2, -0.15) is 0 Å². The fourth-order valence-corrected chi connectivity index (χ4v) is 3.10. The maximum atomic E-state index is 6.07. The van der Waals surface area contributed by atoms with Crippen molar-refractivity contribution in [1.29, 1.82) is 0 Å². The van der Waals surface area contributed by atoms with E-state index in [4.69, 9.17) is 15.2 Å². The smallest absolute Gasteiger partial charge is 0.145 e. The van der Waals surface area contributed by atoms with Crippen LogP contribution in [0.1, 0.15) is 25.8 Å². The summed E-state index contributed by atoms with van der Waals surface area (Å²) in [6.45, 7) is 8.77. The van der Waals surface area contributed by atoms with E-state index < -0.39 is 0 Å². The van der Waals surface area contributed by atoms with E-state index >= 15 is 0 Å². The Hall–Kier alpha value is -2.36. The average molecular weight is 326 g/mol. The molecule has 0 fully saturated rings.